The van der Waals surface area contributed by atoms with E-state index in [9.17, 15) is 9.59 Å². The largest absolute Gasteiger partial charge is 0.418 e. The molecule has 4 aromatic rings. The van der Waals surface area contributed by atoms with Gasteiger partial charge in [-0.3, -0.25) is 9.59 Å². The maximum atomic E-state index is 15.6. The third kappa shape index (κ3) is 9.68. The Morgan fingerprint density at radius 1 is 0.596 bits per heavy atom. The zero-order chi connectivity index (χ0) is 41.1. The first-order valence-electron chi connectivity index (χ1n) is 19.3. The lowest BCUT2D eigenvalue weighted by Gasteiger charge is -2.26. The second-order valence-electron chi connectivity index (χ2n) is 15.3. The monoisotopic (exact) mass is 804 g/mol. The Kier molecular flexibility index (Phi) is 12.8. The normalized spacial score (nSPS) is 15.4. The molecule has 4 nitrogen and oxygen atoms in total. The molecule has 6 rings (SSSR count). The summed E-state index contributed by atoms with van der Waals surface area (Å²) in [6, 6.07) is 18.6. The summed E-state index contributed by atoms with van der Waals surface area (Å²) < 4.78 is 93.8. The van der Waals surface area contributed by atoms with Crippen LogP contribution in [0.1, 0.15) is 111 Å². The van der Waals surface area contributed by atoms with Gasteiger partial charge < -0.3 is 10.6 Å². The third-order valence-electron chi connectivity index (χ3n) is 10.6. The molecule has 0 bridgehead atoms. The molecule has 0 saturated heterocycles. The highest BCUT2D eigenvalue weighted by molar-refractivity contribution is 7.99. The van der Waals surface area contributed by atoms with E-state index >= 15 is 26.3 Å². The van der Waals surface area contributed by atoms with E-state index in [0.29, 0.717) is 22.9 Å². The number of halogens is 6. The van der Waals surface area contributed by atoms with E-state index in [4.69, 9.17) is 0 Å². The van der Waals surface area contributed by atoms with Crippen LogP contribution in [-0.2, 0) is 21.9 Å². The van der Waals surface area contributed by atoms with Crippen LogP contribution in [0.2, 0.25) is 0 Å². The van der Waals surface area contributed by atoms with Gasteiger partial charge in [-0.25, -0.2) is 0 Å². The minimum atomic E-state index is -5.01. The summed E-state index contributed by atoms with van der Waals surface area (Å²) in [5, 5.41) is 5.72. The SMILES string of the molecule is CC(C)c1ccccc1-c1c(C=CC(=O)NC2CCC2)ccc(Sc2ccc(C=CC(=O)NC3CCC3)c(-c3ccccc3C(C)C)c2C(F)(F)F)c1C(F)(F)F. The molecule has 0 radical (unpaired) electrons. The van der Waals surface area contributed by atoms with Gasteiger partial charge in [-0.1, -0.05) is 100 Å². The molecule has 2 fully saturated rings. The fraction of sp³-hybridized carbons (Fsp3) is 0.348. The molecule has 0 aromatic heterocycles. The fourth-order valence-corrected chi connectivity index (χ4v) is 8.45. The number of carbonyl (C=O) groups excluding carboxylic acids is 2. The van der Waals surface area contributed by atoms with E-state index in [0.717, 1.165) is 38.5 Å². The smallest absolute Gasteiger partial charge is 0.350 e. The van der Waals surface area contributed by atoms with Gasteiger partial charge >= 0.3 is 12.4 Å². The van der Waals surface area contributed by atoms with Gasteiger partial charge in [0.15, 0.2) is 0 Å². The van der Waals surface area contributed by atoms with Crippen LogP contribution in [0.3, 0.4) is 0 Å². The van der Waals surface area contributed by atoms with Crippen molar-refractivity contribution in [2.45, 2.75) is 112 Å². The lowest BCUT2D eigenvalue weighted by Crippen LogP contribution is -2.38. The van der Waals surface area contributed by atoms with Gasteiger partial charge in [0.05, 0.1) is 11.1 Å². The van der Waals surface area contributed by atoms with Gasteiger partial charge in [0.25, 0.3) is 0 Å². The van der Waals surface area contributed by atoms with Gasteiger partial charge in [0, 0.05) is 45.2 Å². The molecule has 0 spiro atoms. The first kappa shape index (κ1) is 41.9. The number of amides is 2. The van der Waals surface area contributed by atoms with Gasteiger partial charge in [0.2, 0.25) is 11.8 Å². The molecule has 2 aliphatic carbocycles. The number of rotatable bonds is 12. The van der Waals surface area contributed by atoms with Crippen LogP contribution in [0.25, 0.3) is 34.4 Å². The Morgan fingerprint density at radius 2 is 0.965 bits per heavy atom. The Morgan fingerprint density at radius 3 is 1.28 bits per heavy atom. The molecule has 2 saturated carbocycles. The van der Waals surface area contributed by atoms with Crippen molar-refractivity contribution >= 4 is 35.7 Å². The minimum Gasteiger partial charge on any atom is -0.350 e. The molecule has 57 heavy (non-hydrogen) atoms. The summed E-state index contributed by atoms with van der Waals surface area (Å²) >= 11 is 0.398. The first-order valence-corrected chi connectivity index (χ1v) is 20.2. The van der Waals surface area contributed by atoms with Crippen LogP contribution >= 0.6 is 11.8 Å². The summed E-state index contributed by atoms with van der Waals surface area (Å²) in [4.78, 5) is 24.7. The van der Waals surface area contributed by atoms with Crippen LogP contribution in [0.4, 0.5) is 26.3 Å². The van der Waals surface area contributed by atoms with Crippen molar-refractivity contribution in [2.75, 3.05) is 0 Å². The average Bonchev–Trinajstić information content (AvgIpc) is 3.12. The number of hydrogen-bond acceptors (Lipinski definition) is 3. The number of alkyl halides is 6. The highest BCUT2D eigenvalue weighted by Gasteiger charge is 2.42. The number of nitrogens with one attached hydrogen (secondary N) is 2. The second kappa shape index (κ2) is 17.4. The molecule has 4 aromatic carbocycles. The van der Waals surface area contributed by atoms with Crippen LogP contribution in [0.5, 0.6) is 0 Å². The van der Waals surface area contributed by atoms with Crippen molar-refractivity contribution in [3.05, 3.63) is 118 Å². The molecule has 2 amide bonds. The van der Waals surface area contributed by atoms with E-state index in [2.05, 4.69) is 10.6 Å². The summed E-state index contributed by atoms with van der Waals surface area (Å²) in [6.45, 7) is 7.41. The van der Waals surface area contributed by atoms with Gasteiger partial charge in [-0.2, -0.15) is 26.3 Å². The molecule has 0 atom stereocenters. The predicted molar refractivity (Wildman–Crippen MR) is 216 cm³/mol. The van der Waals surface area contributed by atoms with Gasteiger partial charge in [-0.15, -0.1) is 0 Å². The Hall–Kier alpha value is -4.77. The van der Waals surface area contributed by atoms with Crippen LogP contribution < -0.4 is 10.6 Å². The maximum Gasteiger partial charge on any atom is 0.418 e. The molecule has 11 heteroatoms. The van der Waals surface area contributed by atoms with E-state index in [-0.39, 0.29) is 57.3 Å². The predicted octanol–water partition coefficient (Wildman–Crippen LogP) is 12.8. The van der Waals surface area contributed by atoms with Crippen molar-refractivity contribution in [1.82, 2.24) is 10.6 Å². The van der Waals surface area contributed by atoms with Crippen LogP contribution in [0, 0.1) is 0 Å². The van der Waals surface area contributed by atoms with Crippen molar-refractivity contribution < 1.29 is 35.9 Å². The molecule has 300 valence electrons. The Bertz CT molecular complexity index is 2030. The highest BCUT2D eigenvalue weighted by Crippen LogP contribution is 2.52. The quantitative estimate of drug-likeness (QED) is 0.111. The molecule has 2 N–H and O–H groups in total. The zero-order valence-corrected chi connectivity index (χ0v) is 33.1. The summed E-state index contributed by atoms with van der Waals surface area (Å²) in [7, 11) is 0. The van der Waals surface area contributed by atoms with Crippen LogP contribution in [-0.4, -0.2) is 23.9 Å². The minimum absolute atomic E-state index is 0.0133. The summed E-state index contributed by atoms with van der Waals surface area (Å²) in [5.74, 6) is -1.27. The molecule has 0 heterocycles. The Labute approximate surface area is 334 Å². The highest BCUT2D eigenvalue weighted by atomic mass is 32.2. The molecule has 2 aliphatic rings. The third-order valence-corrected chi connectivity index (χ3v) is 11.7. The second-order valence-corrected chi connectivity index (χ2v) is 16.4. The van der Waals surface area contributed by atoms with Crippen molar-refractivity contribution in [3.63, 3.8) is 0 Å². The summed E-state index contributed by atoms with van der Waals surface area (Å²) in [6.07, 6.45) is 0.357. The standard InChI is InChI=1S/C46H46F6N2O2S/c1-27(2)33-15-5-7-17-35(33)41-29(21-25-39(55)53-31-11-9-12-31)19-23-37(43(41)45(47,48)49)57-38-24-20-30(22-26-40(56)54-32-13-10-14-32)42(44(38)46(50,51)52)36-18-8-6-16-34(36)28(3)4/h5-8,15-28,31-32H,9-14H2,1-4H3,(H,53,55)(H,54,56). The van der Waals surface area contributed by atoms with Crippen LogP contribution in [0.15, 0.2) is 94.7 Å². The van der Waals surface area contributed by atoms with Crippen molar-refractivity contribution in [3.8, 4) is 22.3 Å². The van der Waals surface area contributed by atoms with Crippen molar-refractivity contribution in [1.29, 1.82) is 0 Å². The Balaban J connectivity index is 1.57. The van der Waals surface area contributed by atoms with E-state index in [1.807, 2.05) is 27.7 Å². The average molecular weight is 805 g/mol. The maximum absolute atomic E-state index is 15.6. The molecule has 0 aliphatic heterocycles. The zero-order valence-electron chi connectivity index (χ0n) is 32.3. The van der Waals surface area contributed by atoms with E-state index < -0.39 is 45.1 Å². The van der Waals surface area contributed by atoms with E-state index in [1.165, 1.54) is 48.6 Å². The lowest BCUT2D eigenvalue weighted by atomic mass is 9.87. The number of carbonyl (C=O) groups is 2. The van der Waals surface area contributed by atoms with Gasteiger partial charge in [-0.05, 0) is 108 Å². The topological polar surface area (TPSA) is 58.2 Å². The fourth-order valence-electron chi connectivity index (χ4n) is 7.30. The number of benzene rings is 4. The van der Waals surface area contributed by atoms with Crippen molar-refractivity contribution in [2.24, 2.45) is 0 Å². The number of hydrogen-bond donors (Lipinski definition) is 2. The van der Waals surface area contributed by atoms with Gasteiger partial charge in [0.1, 0.15) is 0 Å². The first-order chi connectivity index (χ1) is 27.0. The molecular formula is C46H46F6N2O2S. The lowest BCUT2D eigenvalue weighted by molar-refractivity contribution is -0.139. The molecular weight excluding hydrogens is 759 g/mol. The van der Waals surface area contributed by atoms with E-state index in [1.54, 1.807) is 48.5 Å². The molecule has 0 unspecified atom stereocenters. The summed E-state index contributed by atoms with van der Waals surface area (Å²) in [5.41, 5.74) is -0.680.